The molecule has 2 aliphatic carbocycles. The van der Waals surface area contributed by atoms with Gasteiger partial charge in [-0.25, -0.2) is 0 Å². The summed E-state index contributed by atoms with van der Waals surface area (Å²) >= 11 is 0. The van der Waals surface area contributed by atoms with Gasteiger partial charge >= 0.3 is 0 Å². The van der Waals surface area contributed by atoms with Gasteiger partial charge in [-0.3, -0.25) is 9.69 Å². The van der Waals surface area contributed by atoms with E-state index in [9.17, 15) is 15.0 Å². The molecule has 2 aliphatic heterocycles. The first-order valence-electron chi connectivity index (χ1n) is 13.6. The summed E-state index contributed by atoms with van der Waals surface area (Å²) in [5.41, 5.74) is 1.89. The van der Waals surface area contributed by atoms with Crippen LogP contribution in [0.1, 0.15) is 54.9 Å². The number of rotatable bonds is 6. The number of hydrogen-bond acceptors (Lipinski definition) is 5. The first-order chi connectivity index (χ1) is 17.7. The van der Waals surface area contributed by atoms with Crippen molar-refractivity contribution in [3.8, 4) is 11.5 Å². The average molecular weight is 503 g/mol. The third kappa shape index (κ3) is 3.15. The normalized spacial score (nSPS) is 33.4. The molecule has 1 spiro atoms. The highest BCUT2D eigenvalue weighted by Gasteiger charge is 2.78. The van der Waals surface area contributed by atoms with Gasteiger partial charge in [0.15, 0.2) is 11.5 Å². The van der Waals surface area contributed by atoms with E-state index in [1.54, 1.807) is 6.07 Å². The maximum Gasteiger partial charge on any atom is 0.223 e. The minimum atomic E-state index is -1.02. The molecule has 2 heterocycles. The van der Waals surface area contributed by atoms with E-state index in [4.69, 9.17) is 4.74 Å². The number of piperidine rings is 1. The Labute approximate surface area is 219 Å². The van der Waals surface area contributed by atoms with E-state index in [1.165, 1.54) is 5.56 Å². The maximum absolute atomic E-state index is 13.6. The van der Waals surface area contributed by atoms with Crippen LogP contribution in [-0.2, 0) is 23.1 Å². The van der Waals surface area contributed by atoms with Crippen LogP contribution in [0.2, 0.25) is 0 Å². The van der Waals surface area contributed by atoms with Gasteiger partial charge in [0, 0.05) is 38.2 Å². The number of aryl methyl sites for hydroxylation is 2. The highest BCUT2D eigenvalue weighted by atomic mass is 16.5. The van der Waals surface area contributed by atoms with Crippen molar-refractivity contribution >= 4 is 5.91 Å². The molecule has 1 saturated carbocycles. The van der Waals surface area contributed by atoms with Crippen molar-refractivity contribution in [2.75, 3.05) is 20.1 Å². The molecular weight excluding hydrogens is 464 g/mol. The Hall–Kier alpha value is -2.83. The number of ether oxygens (including phenoxy) is 1. The fourth-order valence-corrected chi connectivity index (χ4v) is 8.48. The zero-order chi connectivity index (χ0) is 26.2. The molecule has 0 aromatic heterocycles. The van der Waals surface area contributed by atoms with E-state index in [1.807, 2.05) is 30.2 Å². The van der Waals surface area contributed by atoms with Crippen molar-refractivity contribution in [1.29, 1.82) is 0 Å². The highest BCUT2D eigenvalue weighted by molar-refractivity contribution is 5.77. The summed E-state index contributed by atoms with van der Waals surface area (Å²) in [6, 6.07) is 11.7. The molecular formula is C31H38N2O4. The van der Waals surface area contributed by atoms with E-state index in [2.05, 4.69) is 43.5 Å². The molecule has 2 N–H and O–H groups in total. The van der Waals surface area contributed by atoms with Gasteiger partial charge in [-0.15, -0.1) is 6.58 Å². The standard InChI is InChI=1S/C31H38N2O4/c1-5-16-33-17-15-30-27-22-10-11-23(34)28(27)37-29(30,3)24(13-14-31(30,36)25(33)19-22)32(4)26(35)12-9-21-8-6-7-20(2)18-21/h5-8,10-11,18,24-25,34,36H,1,9,12-17,19H2,2-4H3/t24?,25-,29?,30+,31-/m1/s1. The number of benzene rings is 2. The smallest absolute Gasteiger partial charge is 0.223 e. The van der Waals surface area contributed by atoms with E-state index in [0.29, 0.717) is 44.3 Å². The Morgan fingerprint density at radius 1 is 1.30 bits per heavy atom. The van der Waals surface area contributed by atoms with Gasteiger partial charge in [0.05, 0.1) is 17.1 Å². The number of nitrogens with zero attached hydrogens (tertiary/aromatic N) is 2. The third-order valence-corrected chi connectivity index (χ3v) is 10.1. The molecule has 1 amide bonds. The number of hydrogen-bond donors (Lipinski definition) is 2. The minimum absolute atomic E-state index is 0.0616. The number of aliphatic hydroxyl groups is 1. The number of amides is 1. The fourth-order valence-electron chi connectivity index (χ4n) is 8.48. The van der Waals surface area contributed by atoms with E-state index < -0.39 is 16.6 Å². The number of phenols is 1. The number of aromatic hydroxyl groups is 1. The van der Waals surface area contributed by atoms with Gasteiger partial charge in [0.1, 0.15) is 5.60 Å². The van der Waals surface area contributed by atoms with Crippen LogP contribution in [0.4, 0.5) is 0 Å². The van der Waals surface area contributed by atoms with Crippen LogP contribution in [0.25, 0.3) is 0 Å². The highest BCUT2D eigenvalue weighted by Crippen LogP contribution is 2.69. The Morgan fingerprint density at radius 3 is 2.86 bits per heavy atom. The van der Waals surface area contributed by atoms with Crippen molar-refractivity contribution < 1.29 is 19.7 Å². The van der Waals surface area contributed by atoms with E-state index in [0.717, 1.165) is 29.8 Å². The summed E-state index contributed by atoms with van der Waals surface area (Å²) in [5, 5.41) is 23.5. The second-order valence-corrected chi connectivity index (χ2v) is 11.8. The fraction of sp³-hybridized carbons (Fsp3) is 0.516. The Kier molecular flexibility index (Phi) is 5.52. The summed E-state index contributed by atoms with van der Waals surface area (Å²) in [6.07, 6.45) is 5.66. The minimum Gasteiger partial charge on any atom is -0.504 e. The molecule has 5 atom stereocenters. The van der Waals surface area contributed by atoms with Crippen LogP contribution in [-0.4, -0.2) is 69.3 Å². The molecule has 196 valence electrons. The lowest BCUT2D eigenvalue weighted by Gasteiger charge is -2.67. The van der Waals surface area contributed by atoms with Crippen molar-refractivity contribution in [2.45, 2.75) is 81.1 Å². The molecule has 6 heteroatoms. The second-order valence-electron chi connectivity index (χ2n) is 11.8. The molecule has 6 nitrogen and oxygen atoms in total. The van der Waals surface area contributed by atoms with Gasteiger partial charge in [0.2, 0.25) is 5.91 Å². The zero-order valence-corrected chi connectivity index (χ0v) is 22.2. The topological polar surface area (TPSA) is 73.2 Å². The molecule has 37 heavy (non-hydrogen) atoms. The first kappa shape index (κ1) is 24.5. The third-order valence-electron chi connectivity index (χ3n) is 10.1. The Bertz CT molecular complexity index is 1280. The Morgan fingerprint density at radius 2 is 2.11 bits per heavy atom. The largest absolute Gasteiger partial charge is 0.504 e. The molecule has 2 bridgehead atoms. The average Bonchev–Trinajstić information content (AvgIpc) is 3.15. The number of likely N-dealkylation sites (tertiary alicyclic amines) is 1. The van der Waals surface area contributed by atoms with Crippen LogP contribution in [0.15, 0.2) is 49.1 Å². The van der Waals surface area contributed by atoms with Gasteiger partial charge in [0.25, 0.3) is 0 Å². The van der Waals surface area contributed by atoms with E-state index >= 15 is 0 Å². The molecule has 4 aliphatic rings. The molecule has 2 aromatic rings. The van der Waals surface area contributed by atoms with Crippen molar-refractivity contribution in [3.05, 3.63) is 71.3 Å². The first-order valence-corrected chi connectivity index (χ1v) is 13.6. The lowest BCUT2D eigenvalue weighted by molar-refractivity contribution is -0.228. The predicted molar refractivity (Wildman–Crippen MR) is 143 cm³/mol. The molecule has 0 radical (unpaired) electrons. The van der Waals surface area contributed by atoms with Crippen LogP contribution in [0.3, 0.4) is 0 Å². The van der Waals surface area contributed by atoms with Crippen molar-refractivity contribution in [3.63, 3.8) is 0 Å². The second kappa shape index (κ2) is 8.34. The predicted octanol–water partition coefficient (Wildman–Crippen LogP) is 3.89. The van der Waals surface area contributed by atoms with E-state index in [-0.39, 0.29) is 23.7 Å². The van der Waals surface area contributed by atoms with Crippen molar-refractivity contribution in [1.82, 2.24) is 9.80 Å². The van der Waals surface area contributed by atoms with Crippen LogP contribution < -0.4 is 4.74 Å². The molecule has 2 unspecified atom stereocenters. The summed E-state index contributed by atoms with van der Waals surface area (Å²) in [6.45, 7) is 9.62. The molecule has 2 fully saturated rings. The van der Waals surface area contributed by atoms with Gasteiger partial charge in [-0.1, -0.05) is 42.0 Å². The van der Waals surface area contributed by atoms with Crippen LogP contribution >= 0.6 is 0 Å². The number of phenolic OH excluding ortho intramolecular Hbond substituents is 1. The lowest BCUT2D eigenvalue weighted by atomic mass is 9.44. The van der Waals surface area contributed by atoms with Crippen LogP contribution in [0.5, 0.6) is 11.5 Å². The number of likely N-dealkylation sites (N-methyl/N-ethyl adjacent to an activating group) is 1. The van der Waals surface area contributed by atoms with Gasteiger partial charge in [-0.2, -0.15) is 0 Å². The summed E-state index contributed by atoms with van der Waals surface area (Å²) in [4.78, 5) is 17.8. The molecule has 1 saturated heterocycles. The summed E-state index contributed by atoms with van der Waals surface area (Å²) < 4.78 is 6.78. The lowest BCUT2D eigenvalue weighted by Crippen LogP contribution is -2.82. The summed E-state index contributed by atoms with van der Waals surface area (Å²) in [5.74, 6) is 0.696. The molecule has 2 aromatic carbocycles. The monoisotopic (exact) mass is 502 g/mol. The SMILES string of the molecule is C=CCN1CC[C@]23c4c5ccc(O)c4OC2(C)C(N(C)C(=O)CCc2cccc(C)c2)CC[C@@]3(O)[C@H]1C5. The molecule has 6 rings (SSSR count). The number of carbonyl (C=O) groups excluding carboxylic acids is 1. The van der Waals surface area contributed by atoms with Gasteiger partial charge in [-0.05, 0) is 63.1 Å². The van der Waals surface area contributed by atoms with Crippen molar-refractivity contribution in [2.24, 2.45) is 0 Å². The number of carbonyl (C=O) groups is 1. The Balaban J connectivity index is 1.38. The quantitative estimate of drug-likeness (QED) is 0.587. The maximum atomic E-state index is 13.6. The van der Waals surface area contributed by atoms with Crippen LogP contribution in [0, 0.1) is 6.92 Å². The van der Waals surface area contributed by atoms with Gasteiger partial charge < -0.3 is 19.8 Å². The zero-order valence-electron chi connectivity index (χ0n) is 22.2. The summed E-state index contributed by atoms with van der Waals surface area (Å²) in [7, 11) is 1.88.